The minimum Gasteiger partial charge on any atom is -0.322 e. The van der Waals surface area contributed by atoms with Crippen molar-refractivity contribution >= 4 is 23.2 Å². The molecule has 1 amide bonds. The van der Waals surface area contributed by atoms with Crippen molar-refractivity contribution in [1.29, 1.82) is 0 Å². The summed E-state index contributed by atoms with van der Waals surface area (Å²) in [4.78, 5) is 15.7. The lowest BCUT2D eigenvalue weighted by Gasteiger charge is -2.15. The van der Waals surface area contributed by atoms with Gasteiger partial charge in [-0.1, -0.05) is 11.6 Å². The topological polar surface area (TPSA) is 42.0 Å². The van der Waals surface area contributed by atoms with Gasteiger partial charge in [-0.2, -0.15) is 13.2 Å². The number of benzene rings is 1. The van der Waals surface area contributed by atoms with Gasteiger partial charge in [0.2, 0.25) is 0 Å². The molecule has 1 heterocycles. The second kappa shape index (κ2) is 5.92. The smallest absolute Gasteiger partial charge is 0.322 e. The maximum Gasteiger partial charge on any atom is 0.419 e. The van der Waals surface area contributed by atoms with Crippen LogP contribution in [-0.4, -0.2) is 10.9 Å². The van der Waals surface area contributed by atoms with Crippen LogP contribution in [0.15, 0.2) is 30.5 Å². The molecule has 116 valence electrons. The van der Waals surface area contributed by atoms with Gasteiger partial charge in [-0.05, 0) is 36.8 Å². The van der Waals surface area contributed by atoms with Gasteiger partial charge in [0.1, 0.15) is 11.0 Å². The summed E-state index contributed by atoms with van der Waals surface area (Å²) in [5.74, 6) is -2.14. The van der Waals surface area contributed by atoms with Crippen molar-refractivity contribution in [3.63, 3.8) is 0 Å². The average molecular weight is 333 g/mol. The minimum atomic E-state index is -4.86. The van der Waals surface area contributed by atoms with Gasteiger partial charge in [-0.3, -0.25) is 4.79 Å². The van der Waals surface area contributed by atoms with Crippen LogP contribution >= 0.6 is 11.6 Å². The highest BCUT2D eigenvalue weighted by Gasteiger charge is 2.36. The van der Waals surface area contributed by atoms with Crippen LogP contribution in [0.5, 0.6) is 0 Å². The highest BCUT2D eigenvalue weighted by atomic mass is 35.5. The Morgan fingerprint density at radius 3 is 2.55 bits per heavy atom. The number of hydrogen-bond donors (Lipinski definition) is 1. The number of anilines is 1. The predicted molar refractivity (Wildman–Crippen MR) is 73.3 cm³/mol. The fourth-order valence-corrected chi connectivity index (χ4v) is 2.11. The summed E-state index contributed by atoms with van der Waals surface area (Å²) in [6.45, 7) is 1.08. The summed E-state index contributed by atoms with van der Waals surface area (Å²) in [6.07, 6.45) is -3.50. The molecular weight excluding hydrogens is 324 g/mol. The molecule has 0 aliphatic rings. The van der Waals surface area contributed by atoms with Crippen molar-refractivity contribution in [2.24, 2.45) is 0 Å². The summed E-state index contributed by atoms with van der Waals surface area (Å²) in [7, 11) is 0. The molecule has 8 heteroatoms. The van der Waals surface area contributed by atoms with Gasteiger partial charge in [0.25, 0.3) is 5.91 Å². The zero-order valence-corrected chi connectivity index (χ0v) is 11.9. The van der Waals surface area contributed by atoms with E-state index in [9.17, 15) is 22.4 Å². The molecule has 0 radical (unpaired) electrons. The fourth-order valence-electron chi connectivity index (χ4n) is 1.91. The van der Waals surface area contributed by atoms with E-state index in [1.54, 1.807) is 0 Å². The molecule has 0 saturated carbocycles. The first-order valence-electron chi connectivity index (χ1n) is 6.00. The van der Waals surface area contributed by atoms with Crippen LogP contribution in [0.4, 0.5) is 23.2 Å². The zero-order valence-electron chi connectivity index (χ0n) is 11.1. The van der Waals surface area contributed by atoms with E-state index in [4.69, 9.17) is 11.6 Å². The third kappa shape index (κ3) is 3.19. The Labute approximate surface area is 127 Å². The monoisotopic (exact) mass is 332 g/mol. The number of halogens is 5. The van der Waals surface area contributed by atoms with E-state index >= 15 is 0 Å². The second-order valence-electron chi connectivity index (χ2n) is 4.39. The number of aromatic nitrogens is 1. The molecule has 0 fully saturated rings. The molecule has 2 aromatic rings. The summed E-state index contributed by atoms with van der Waals surface area (Å²) in [5.41, 5.74) is -1.98. The van der Waals surface area contributed by atoms with E-state index in [0.29, 0.717) is 6.07 Å². The molecule has 3 nitrogen and oxygen atoms in total. The molecule has 0 spiro atoms. The van der Waals surface area contributed by atoms with Crippen molar-refractivity contribution < 1.29 is 22.4 Å². The van der Waals surface area contributed by atoms with Crippen LogP contribution in [0.3, 0.4) is 0 Å². The molecule has 2 rings (SSSR count). The summed E-state index contributed by atoms with van der Waals surface area (Å²) in [5, 5.41) is 2.19. The van der Waals surface area contributed by atoms with E-state index < -0.39 is 29.0 Å². The maximum absolute atomic E-state index is 13.4. The average Bonchev–Trinajstić information content (AvgIpc) is 2.41. The fraction of sp³-hybridized carbons (Fsp3) is 0.143. The summed E-state index contributed by atoms with van der Waals surface area (Å²) in [6, 6.07) is 4.53. The lowest BCUT2D eigenvalue weighted by atomic mass is 10.1. The van der Waals surface area contributed by atoms with Gasteiger partial charge in [-0.15, -0.1) is 0 Å². The SMILES string of the molecule is Cc1c(NC(=O)c2cccnc2Cl)ccc(F)c1C(F)(F)F. The van der Waals surface area contributed by atoms with Crippen LogP contribution in [0.25, 0.3) is 0 Å². The molecule has 0 unspecified atom stereocenters. The number of carbonyl (C=O) groups is 1. The van der Waals surface area contributed by atoms with Crippen LogP contribution in [-0.2, 0) is 6.18 Å². The molecule has 1 aromatic heterocycles. The van der Waals surface area contributed by atoms with E-state index in [2.05, 4.69) is 10.3 Å². The Balaban J connectivity index is 2.39. The Kier molecular flexibility index (Phi) is 4.37. The first kappa shape index (κ1) is 16.2. The molecular formula is C14H9ClF4N2O. The van der Waals surface area contributed by atoms with Gasteiger partial charge < -0.3 is 5.32 Å². The van der Waals surface area contributed by atoms with Crippen molar-refractivity contribution in [1.82, 2.24) is 4.98 Å². The third-order valence-electron chi connectivity index (χ3n) is 2.95. The normalized spacial score (nSPS) is 11.4. The zero-order chi connectivity index (χ0) is 16.5. The predicted octanol–water partition coefficient (Wildman–Crippen LogP) is 4.45. The number of carbonyl (C=O) groups excluding carboxylic acids is 1. The Morgan fingerprint density at radius 1 is 1.27 bits per heavy atom. The van der Waals surface area contributed by atoms with E-state index in [0.717, 1.165) is 13.0 Å². The molecule has 0 bridgehead atoms. The standard InChI is InChI=1S/C14H9ClF4N2O/c1-7-10(5-4-9(16)11(7)14(17,18)19)21-13(22)8-3-2-6-20-12(8)15/h2-6H,1H3,(H,21,22). The number of pyridine rings is 1. The van der Waals surface area contributed by atoms with Crippen LogP contribution in [0, 0.1) is 12.7 Å². The Morgan fingerprint density at radius 2 is 1.95 bits per heavy atom. The maximum atomic E-state index is 13.4. The van der Waals surface area contributed by atoms with E-state index in [1.165, 1.54) is 18.3 Å². The number of nitrogens with one attached hydrogen (secondary N) is 1. The molecule has 1 aromatic carbocycles. The van der Waals surface area contributed by atoms with Crippen molar-refractivity contribution in [3.05, 3.63) is 58.1 Å². The quantitative estimate of drug-likeness (QED) is 0.652. The third-order valence-corrected chi connectivity index (χ3v) is 3.25. The largest absolute Gasteiger partial charge is 0.419 e. The molecule has 1 N–H and O–H groups in total. The number of nitrogens with zero attached hydrogens (tertiary/aromatic N) is 1. The Bertz CT molecular complexity index is 731. The number of amides is 1. The number of alkyl halides is 3. The minimum absolute atomic E-state index is 0.00134. The van der Waals surface area contributed by atoms with Gasteiger partial charge in [0, 0.05) is 11.9 Å². The van der Waals surface area contributed by atoms with Gasteiger partial charge >= 0.3 is 6.18 Å². The molecule has 0 saturated heterocycles. The van der Waals surface area contributed by atoms with Crippen molar-refractivity contribution in [3.8, 4) is 0 Å². The molecule has 22 heavy (non-hydrogen) atoms. The van der Waals surface area contributed by atoms with Gasteiger partial charge in [0.15, 0.2) is 0 Å². The van der Waals surface area contributed by atoms with Crippen LogP contribution < -0.4 is 5.32 Å². The Hall–Kier alpha value is -2.15. The lowest BCUT2D eigenvalue weighted by molar-refractivity contribution is -0.140. The van der Waals surface area contributed by atoms with Crippen molar-refractivity contribution in [2.75, 3.05) is 5.32 Å². The van der Waals surface area contributed by atoms with E-state index in [-0.39, 0.29) is 16.4 Å². The van der Waals surface area contributed by atoms with Gasteiger partial charge in [0.05, 0.1) is 11.1 Å². The second-order valence-corrected chi connectivity index (χ2v) is 4.75. The number of rotatable bonds is 2. The highest BCUT2D eigenvalue weighted by molar-refractivity contribution is 6.33. The lowest BCUT2D eigenvalue weighted by Crippen LogP contribution is -2.17. The molecule has 0 aliphatic heterocycles. The van der Waals surface area contributed by atoms with Gasteiger partial charge in [-0.25, -0.2) is 9.37 Å². The molecule has 0 aliphatic carbocycles. The van der Waals surface area contributed by atoms with Crippen LogP contribution in [0.2, 0.25) is 5.15 Å². The van der Waals surface area contributed by atoms with E-state index in [1.807, 2.05) is 0 Å². The first-order valence-corrected chi connectivity index (χ1v) is 6.37. The summed E-state index contributed by atoms with van der Waals surface area (Å²) < 4.78 is 51.9. The number of hydrogen-bond acceptors (Lipinski definition) is 2. The summed E-state index contributed by atoms with van der Waals surface area (Å²) >= 11 is 5.74. The van der Waals surface area contributed by atoms with Crippen LogP contribution in [0.1, 0.15) is 21.5 Å². The highest BCUT2D eigenvalue weighted by Crippen LogP contribution is 2.36. The molecule has 0 atom stereocenters. The first-order chi connectivity index (χ1) is 10.2. The van der Waals surface area contributed by atoms with Crippen molar-refractivity contribution in [2.45, 2.75) is 13.1 Å².